The summed E-state index contributed by atoms with van der Waals surface area (Å²) in [6, 6.07) is 15.5. The van der Waals surface area contributed by atoms with Gasteiger partial charge in [-0.25, -0.2) is 13.6 Å². The highest BCUT2D eigenvalue weighted by Crippen LogP contribution is 2.56. The number of carboxylic acid groups (broad SMARTS) is 1. The first-order valence-corrected chi connectivity index (χ1v) is 14.1. The first-order valence-electron chi connectivity index (χ1n) is 13.3. The minimum Gasteiger partial charge on any atom is -0.478 e. The molecule has 3 aromatic carbocycles. The molecular weight excluding hydrogens is 581 g/mol. The normalized spacial score (nSPS) is 22.3. The number of nitrogens with zero attached hydrogens (tertiary/aromatic N) is 2. The Kier molecular flexibility index (Phi) is 9.30. The van der Waals surface area contributed by atoms with Crippen molar-refractivity contribution >= 4 is 29.2 Å². The number of rotatable bonds is 6. The number of hydrogen-bond acceptors (Lipinski definition) is 4. The molecule has 4 atom stereocenters. The molecule has 9 heteroatoms. The van der Waals surface area contributed by atoms with E-state index in [0.29, 0.717) is 12.0 Å². The highest BCUT2D eigenvalue weighted by molar-refractivity contribution is 6.31. The Morgan fingerprint density at radius 2 is 1.79 bits per heavy atom. The van der Waals surface area contributed by atoms with Gasteiger partial charge < -0.3 is 10.2 Å². The van der Waals surface area contributed by atoms with Gasteiger partial charge in [-0.3, -0.25) is 4.90 Å². The Labute approximate surface area is 254 Å². The number of aliphatic hydroxyl groups is 1. The zero-order chi connectivity index (χ0) is 30.8. The lowest BCUT2D eigenvalue weighted by atomic mass is 9.62. The van der Waals surface area contributed by atoms with E-state index in [9.17, 15) is 15.2 Å². The molecule has 218 valence electrons. The molecule has 0 amide bonds. The van der Waals surface area contributed by atoms with Crippen LogP contribution in [0.2, 0.25) is 10.0 Å². The van der Waals surface area contributed by atoms with E-state index >= 15 is 8.78 Å². The maximum absolute atomic E-state index is 15.8. The number of aromatic carboxylic acids is 1. The van der Waals surface area contributed by atoms with Crippen molar-refractivity contribution in [3.05, 3.63) is 105 Å². The SMILES string of the molecule is CC(C)(C)C[C@@H]1N(CC#Cc2ccc(C(=O)O)cc2)[C@@H](CO)[C@H](c2cccc(Cl)c2F)[C@@]1(C#N)c1ccc(Cl)cc1F. The lowest BCUT2D eigenvalue weighted by Crippen LogP contribution is -2.46. The van der Waals surface area contributed by atoms with Crippen molar-refractivity contribution in [1.29, 1.82) is 5.26 Å². The van der Waals surface area contributed by atoms with Crippen LogP contribution in [0.25, 0.3) is 0 Å². The van der Waals surface area contributed by atoms with Gasteiger partial charge in [0.1, 0.15) is 17.0 Å². The highest BCUT2D eigenvalue weighted by Gasteiger charge is 2.62. The maximum atomic E-state index is 15.8. The van der Waals surface area contributed by atoms with Crippen LogP contribution in [0, 0.1) is 40.2 Å². The van der Waals surface area contributed by atoms with Crippen molar-refractivity contribution < 1.29 is 23.8 Å². The molecule has 0 aromatic heterocycles. The lowest BCUT2D eigenvalue weighted by Gasteiger charge is -2.39. The molecule has 0 aliphatic carbocycles. The molecule has 0 spiro atoms. The second-order valence-electron chi connectivity index (χ2n) is 11.6. The van der Waals surface area contributed by atoms with E-state index in [2.05, 4.69) is 17.9 Å². The summed E-state index contributed by atoms with van der Waals surface area (Å²) in [5.74, 6) is 2.57. The van der Waals surface area contributed by atoms with Gasteiger partial charge in [0.2, 0.25) is 0 Å². The van der Waals surface area contributed by atoms with Crippen LogP contribution in [-0.2, 0) is 5.41 Å². The molecular formula is C33H30Cl2F2N2O3. The third-order valence-electron chi connectivity index (χ3n) is 7.72. The van der Waals surface area contributed by atoms with Crippen LogP contribution in [0.15, 0.2) is 60.7 Å². The third-order valence-corrected chi connectivity index (χ3v) is 8.25. The monoisotopic (exact) mass is 610 g/mol. The first kappa shape index (κ1) is 31.5. The zero-order valence-electron chi connectivity index (χ0n) is 23.3. The average molecular weight is 612 g/mol. The molecule has 1 fully saturated rings. The van der Waals surface area contributed by atoms with Gasteiger partial charge in [0.05, 0.1) is 29.8 Å². The molecule has 3 aromatic rings. The maximum Gasteiger partial charge on any atom is 0.335 e. The van der Waals surface area contributed by atoms with Crippen LogP contribution in [0.3, 0.4) is 0 Å². The first-order chi connectivity index (χ1) is 19.8. The molecule has 2 N–H and O–H groups in total. The number of nitriles is 1. The Hall–Kier alpha value is -3.46. The fourth-order valence-electron chi connectivity index (χ4n) is 6.01. The van der Waals surface area contributed by atoms with Gasteiger partial charge in [-0.1, -0.05) is 74.0 Å². The number of aliphatic hydroxyl groups excluding tert-OH is 1. The summed E-state index contributed by atoms with van der Waals surface area (Å²) in [6.07, 6.45) is 0.382. The predicted octanol–water partition coefficient (Wildman–Crippen LogP) is 7.05. The Balaban J connectivity index is 1.94. The van der Waals surface area contributed by atoms with Crippen LogP contribution in [0.1, 0.15) is 60.2 Å². The minimum absolute atomic E-state index is 0.0474. The van der Waals surface area contributed by atoms with Crippen LogP contribution >= 0.6 is 23.2 Å². The number of carboxylic acids is 1. The standard InChI is InChI=1S/C33H30Cl2F2N2O3/c1-32(2,3)17-28-33(19-38,24-14-13-22(34)16-26(24)36)29(23-7-4-8-25(35)30(23)37)27(18-40)39(28)15-5-6-20-9-11-21(12-10-20)31(41)42/h4,7-14,16,27-29,40H,15,17-18H2,1-3H3,(H,41,42)/t27-,28-,29-,33-/m0/s1. The summed E-state index contributed by atoms with van der Waals surface area (Å²) >= 11 is 12.3. The van der Waals surface area contributed by atoms with Crippen molar-refractivity contribution in [3.63, 3.8) is 0 Å². The van der Waals surface area contributed by atoms with Crippen LogP contribution < -0.4 is 0 Å². The fourth-order valence-corrected chi connectivity index (χ4v) is 6.35. The van der Waals surface area contributed by atoms with Crippen molar-refractivity contribution in [2.45, 2.75) is 50.6 Å². The molecule has 1 aliphatic heterocycles. The predicted molar refractivity (Wildman–Crippen MR) is 159 cm³/mol. The van der Waals surface area contributed by atoms with Crippen molar-refractivity contribution in [3.8, 4) is 17.9 Å². The number of benzene rings is 3. The smallest absolute Gasteiger partial charge is 0.335 e. The van der Waals surface area contributed by atoms with Crippen LogP contribution in [-0.4, -0.2) is 46.3 Å². The summed E-state index contributed by atoms with van der Waals surface area (Å²) < 4.78 is 31.6. The molecule has 1 aliphatic rings. The zero-order valence-corrected chi connectivity index (χ0v) is 24.8. The fraction of sp³-hybridized carbons (Fsp3) is 0.333. The van der Waals surface area contributed by atoms with Gasteiger partial charge in [0.15, 0.2) is 0 Å². The Bertz CT molecular complexity index is 1590. The van der Waals surface area contributed by atoms with Crippen molar-refractivity contribution in [2.75, 3.05) is 13.2 Å². The average Bonchev–Trinajstić information content (AvgIpc) is 3.18. The summed E-state index contributed by atoms with van der Waals surface area (Å²) in [4.78, 5) is 13.1. The largest absolute Gasteiger partial charge is 0.478 e. The van der Waals surface area contributed by atoms with E-state index in [0.717, 1.165) is 6.07 Å². The molecule has 5 nitrogen and oxygen atoms in total. The van der Waals surface area contributed by atoms with Crippen LogP contribution in [0.4, 0.5) is 8.78 Å². The topological polar surface area (TPSA) is 84.6 Å². The summed E-state index contributed by atoms with van der Waals surface area (Å²) in [6.45, 7) is 5.56. The van der Waals surface area contributed by atoms with E-state index in [-0.39, 0.29) is 38.7 Å². The number of likely N-dealkylation sites (tertiary alicyclic amines) is 1. The van der Waals surface area contributed by atoms with Crippen molar-refractivity contribution in [1.82, 2.24) is 4.90 Å². The molecule has 0 unspecified atom stereocenters. The Morgan fingerprint density at radius 3 is 2.36 bits per heavy atom. The number of halogens is 4. The molecule has 1 saturated heterocycles. The van der Waals surface area contributed by atoms with E-state index in [1.165, 1.54) is 36.4 Å². The van der Waals surface area contributed by atoms with Gasteiger partial charge >= 0.3 is 5.97 Å². The second-order valence-corrected chi connectivity index (χ2v) is 12.5. The van der Waals surface area contributed by atoms with E-state index < -0.39 is 47.6 Å². The molecule has 1 heterocycles. The molecule has 0 saturated carbocycles. The van der Waals surface area contributed by atoms with Gasteiger partial charge in [-0.2, -0.15) is 5.26 Å². The van der Waals surface area contributed by atoms with Gasteiger partial charge in [0.25, 0.3) is 0 Å². The second kappa shape index (κ2) is 12.4. The summed E-state index contributed by atoms with van der Waals surface area (Å²) in [5.41, 5.74) is -1.19. The quantitative estimate of drug-likeness (QED) is 0.292. The van der Waals surface area contributed by atoms with Gasteiger partial charge in [-0.15, -0.1) is 0 Å². The number of hydrogen-bond donors (Lipinski definition) is 2. The van der Waals surface area contributed by atoms with Crippen LogP contribution in [0.5, 0.6) is 0 Å². The van der Waals surface area contributed by atoms with Crippen molar-refractivity contribution in [2.24, 2.45) is 5.41 Å². The lowest BCUT2D eigenvalue weighted by molar-refractivity contribution is 0.0697. The summed E-state index contributed by atoms with van der Waals surface area (Å²) in [7, 11) is 0. The van der Waals surface area contributed by atoms with E-state index in [4.69, 9.17) is 28.3 Å². The third kappa shape index (κ3) is 6.02. The van der Waals surface area contributed by atoms with Gasteiger partial charge in [0, 0.05) is 34.2 Å². The summed E-state index contributed by atoms with van der Waals surface area (Å²) in [5, 5.41) is 31.0. The molecule has 42 heavy (non-hydrogen) atoms. The van der Waals surface area contributed by atoms with E-state index in [1.807, 2.05) is 25.7 Å². The Morgan fingerprint density at radius 1 is 1.10 bits per heavy atom. The highest BCUT2D eigenvalue weighted by atomic mass is 35.5. The number of carbonyl (C=O) groups is 1. The molecule has 0 bridgehead atoms. The molecule has 0 radical (unpaired) electrons. The van der Waals surface area contributed by atoms with E-state index in [1.54, 1.807) is 18.2 Å². The van der Waals surface area contributed by atoms with Gasteiger partial charge in [-0.05, 0) is 59.9 Å². The minimum atomic E-state index is -1.66. The molecule has 4 rings (SSSR count).